The van der Waals surface area contributed by atoms with Gasteiger partial charge in [-0.1, -0.05) is 22.4 Å². The van der Waals surface area contributed by atoms with Crippen LogP contribution < -0.4 is 5.32 Å². The highest BCUT2D eigenvalue weighted by Crippen LogP contribution is 2.21. The molecule has 26 heavy (non-hydrogen) atoms. The lowest BCUT2D eigenvalue weighted by Crippen LogP contribution is -2.33. The molecule has 2 aromatic rings. The summed E-state index contributed by atoms with van der Waals surface area (Å²) < 4.78 is 6.46. The zero-order valence-electron chi connectivity index (χ0n) is 14.5. The summed E-state index contributed by atoms with van der Waals surface area (Å²) >= 11 is 3.41. The van der Waals surface area contributed by atoms with E-state index in [0.717, 1.165) is 29.8 Å². The molecular weight excluding hydrogens is 418 g/mol. The number of ether oxygens (including phenoxy) is 1. The van der Waals surface area contributed by atoms with Gasteiger partial charge in [0.2, 0.25) is 0 Å². The first-order valence-corrected chi connectivity index (χ1v) is 9.39. The summed E-state index contributed by atoms with van der Waals surface area (Å²) in [6.45, 7) is 3.40. The molecule has 1 aromatic heterocycles. The smallest absolute Gasteiger partial charge is 0.341 e. The number of nitrogens with one attached hydrogen (secondary N) is 1. The van der Waals surface area contributed by atoms with Crippen LogP contribution in [0.25, 0.3) is 0 Å². The Morgan fingerprint density at radius 2 is 1.88 bits per heavy atom. The largest absolute Gasteiger partial charge is 0.461 e. The molecule has 0 saturated carbocycles. The number of benzene rings is 1. The van der Waals surface area contributed by atoms with E-state index < -0.39 is 0 Å². The number of esters is 1. The molecule has 0 radical (unpaired) electrons. The predicted octanol–water partition coefficient (Wildman–Crippen LogP) is 4.65. The lowest BCUT2D eigenvalue weighted by atomic mass is 10.1. The van der Waals surface area contributed by atoms with Crippen molar-refractivity contribution < 1.29 is 9.53 Å². The number of likely N-dealkylation sites (tertiary alicyclic amines) is 1. The second-order valence-corrected chi connectivity index (χ2v) is 6.99. The van der Waals surface area contributed by atoms with Crippen molar-refractivity contribution in [2.45, 2.75) is 19.3 Å². The Labute approximate surface area is 168 Å². The minimum atomic E-state index is -0.343. The van der Waals surface area contributed by atoms with E-state index >= 15 is 0 Å². The van der Waals surface area contributed by atoms with Crippen molar-refractivity contribution in [2.75, 3.05) is 31.6 Å². The standard InChI is InChI=1S/C19H22BrN3O2.ClH/c20-15-6-8-16(9-7-15)22-18-17(5-4-10-21-18)19(24)25-14-13-23-11-2-1-3-12-23;/h4-10H,1-3,11-14H2,(H,21,22);1H. The molecule has 2 heterocycles. The fraction of sp³-hybridized carbons (Fsp3) is 0.368. The summed E-state index contributed by atoms with van der Waals surface area (Å²) in [5.74, 6) is 0.164. The molecule has 5 nitrogen and oxygen atoms in total. The molecule has 0 aliphatic carbocycles. The van der Waals surface area contributed by atoms with Gasteiger partial charge in [-0.25, -0.2) is 9.78 Å². The molecule has 0 unspecified atom stereocenters. The van der Waals surface area contributed by atoms with E-state index in [1.807, 2.05) is 24.3 Å². The number of pyridine rings is 1. The van der Waals surface area contributed by atoms with Crippen molar-refractivity contribution in [3.63, 3.8) is 0 Å². The number of carbonyl (C=O) groups is 1. The van der Waals surface area contributed by atoms with Crippen molar-refractivity contribution in [2.24, 2.45) is 0 Å². The molecular formula is C19H23BrClN3O2. The molecule has 3 rings (SSSR count). The van der Waals surface area contributed by atoms with E-state index in [2.05, 4.69) is 31.1 Å². The molecule has 7 heteroatoms. The van der Waals surface area contributed by atoms with Gasteiger partial charge in [0, 0.05) is 22.9 Å². The Balaban J connectivity index is 0.00000243. The van der Waals surface area contributed by atoms with Gasteiger partial charge < -0.3 is 10.1 Å². The first kappa shape index (κ1) is 20.7. The molecule has 1 aliphatic rings. The number of halogens is 2. The van der Waals surface area contributed by atoms with Gasteiger partial charge >= 0.3 is 5.97 Å². The monoisotopic (exact) mass is 439 g/mol. The molecule has 1 fully saturated rings. The molecule has 0 bridgehead atoms. The lowest BCUT2D eigenvalue weighted by Gasteiger charge is -2.25. The van der Waals surface area contributed by atoms with E-state index in [0.29, 0.717) is 18.0 Å². The first-order chi connectivity index (χ1) is 12.2. The van der Waals surface area contributed by atoms with Gasteiger partial charge in [-0.2, -0.15) is 0 Å². The topological polar surface area (TPSA) is 54.5 Å². The highest BCUT2D eigenvalue weighted by molar-refractivity contribution is 9.10. The number of rotatable bonds is 6. The van der Waals surface area contributed by atoms with Gasteiger partial charge in [-0.15, -0.1) is 12.4 Å². The number of piperidine rings is 1. The van der Waals surface area contributed by atoms with Crippen molar-refractivity contribution in [1.82, 2.24) is 9.88 Å². The maximum atomic E-state index is 12.4. The molecule has 140 valence electrons. The average Bonchev–Trinajstić information content (AvgIpc) is 2.65. The zero-order chi connectivity index (χ0) is 17.5. The van der Waals surface area contributed by atoms with Crippen LogP contribution in [-0.4, -0.2) is 42.1 Å². The van der Waals surface area contributed by atoms with E-state index in [1.165, 1.54) is 19.3 Å². The van der Waals surface area contributed by atoms with Crippen LogP contribution >= 0.6 is 28.3 Å². The van der Waals surface area contributed by atoms with Gasteiger partial charge in [0.05, 0.1) is 0 Å². The van der Waals surface area contributed by atoms with Crippen molar-refractivity contribution in [1.29, 1.82) is 0 Å². The van der Waals surface area contributed by atoms with Crippen LogP contribution in [0.3, 0.4) is 0 Å². The molecule has 1 N–H and O–H groups in total. The third-order valence-corrected chi connectivity index (χ3v) is 4.75. The molecule has 0 spiro atoms. The second-order valence-electron chi connectivity index (χ2n) is 6.07. The third kappa shape index (κ3) is 5.97. The maximum absolute atomic E-state index is 12.4. The molecule has 1 aliphatic heterocycles. The van der Waals surface area contributed by atoms with Gasteiger partial charge in [-0.3, -0.25) is 4.90 Å². The Morgan fingerprint density at radius 1 is 1.15 bits per heavy atom. The minimum Gasteiger partial charge on any atom is -0.461 e. The quantitative estimate of drug-likeness (QED) is 0.663. The fourth-order valence-electron chi connectivity index (χ4n) is 2.87. The van der Waals surface area contributed by atoms with Crippen LogP contribution in [0.15, 0.2) is 47.1 Å². The first-order valence-electron chi connectivity index (χ1n) is 8.59. The maximum Gasteiger partial charge on any atom is 0.341 e. The predicted molar refractivity (Wildman–Crippen MR) is 109 cm³/mol. The van der Waals surface area contributed by atoms with Crippen LogP contribution in [0.2, 0.25) is 0 Å². The van der Waals surface area contributed by atoms with Crippen LogP contribution in [0, 0.1) is 0 Å². The summed E-state index contributed by atoms with van der Waals surface area (Å²) in [6.07, 6.45) is 5.43. The van der Waals surface area contributed by atoms with Gasteiger partial charge in [-0.05, 0) is 62.3 Å². The van der Waals surface area contributed by atoms with Gasteiger partial charge in [0.1, 0.15) is 18.0 Å². The minimum absolute atomic E-state index is 0. The Morgan fingerprint density at radius 3 is 2.62 bits per heavy atom. The summed E-state index contributed by atoms with van der Waals surface area (Å²) in [7, 11) is 0. The van der Waals surface area contributed by atoms with E-state index in [-0.39, 0.29) is 18.4 Å². The van der Waals surface area contributed by atoms with Crippen molar-refractivity contribution >= 4 is 45.8 Å². The normalized spacial score (nSPS) is 14.3. The molecule has 1 aromatic carbocycles. The Bertz CT molecular complexity index is 706. The van der Waals surface area contributed by atoms with Gasteiger partial charge in [0.25, 0.3) is 0 Å². The van der Waals surface area contributed by atoms with E-state index in [4.69, 9.17) is 4.74 Å². The molecule has 0 atom stereocenters. The summed E-state index contributed by atoms with van der Waals surface area (Å²) in [6, 6.07) is 11.2. The number of hydrogen-bond donors (Lipinski definition) is 1. The highest BCUT2D eigenvalue weighted by atomic mass is 79.9. The van der Waals surface area contributed by atoms with Crippen molar-refractivity contribution in [3.8, 4) is 0 Å². The second kappa shape index (κ2) is 10.5. The Hall–Kier alpha value is -1.63. The van der Waals surface area contributed by atoms with Crippen molar-refractivity contribution in [3.05, 3.63) is 52.6 Å². The Kier molecular flexibility index (Phi) is 8.35. The van der Waals surface area contributed by atoms with E-state index in [1.54, 1.807) is 18.3 Å². The third-order valence-electron chi connectivity index (χ3n) is 4.22. The number of hydrogen-bond acceptors (Lipinski definition) is 5. The highest BCUT2D eigenvalue weighted by Gasteiger charge is 2.15. The van der Waals surface area contributed by atoms with Crippen LogP contribution in [0.1, 0.15) is 29.6 Å². The zero-order valence-corrected chi connectivity index (χ0v) is 16.9. The van der Waals surface area contributed by atoms with Crippen LogP contribution in [0.4, 0.5) is 11.5 Å². The fourth-order valence-corrected chi connectivity index (χ4v) is 3.13. The van der Waals surface area contributed by atoms with Crippen LogP contribution in [0.5, 0.6) is 0 Å². The number of nitrogens with zero attached hydrogens (tertiary/aromatic N) is 2. The molecule has 1 saturated heterocycles. The number of aromatic nitrogens is 1. The average molecular weight is 441 g/mol. The molecule has 0 amide bonds. The van der Waals surface area contributed by atoms with Gasteiger partial charge in [0.15, 0.2) is 0 Å². The number of carbonyl (C=O) groups excluding carboxylic acids is 1. The summed E-state index contributed by atoms with van der Waals surface area (Å²) in [5, 5.41) is 3.18. The summed E-state index contributed by atoms with van der Waals surface area (Å²) in [4.78, 5) is 19.1. The summed E-state index contributed by atoms with van der Waals surface area (Å²) in [5.41, 5.74) is 1.31. The van der Waals surface area contributed by atoms with E-state index in [9.17, 15) is 4.79 Å². The number of anilines is 2. The SMILES string of the molecule is Cl.O=C(OCCN1CCCCC1)c1cccnc1Nc1ccc(Br)cc1. The lowest BCUT2D eigenvalue weighted by molar-refractivity contribution is 0.0453. The van der Waals surface area contributed by atoms with Crippen LogP contribution in [-0.2, 0) is 4.74 Å².